The maximum atomic E-state index is 12.1. The van der Waals surface area contributed by atoms with Crippen molar-refractivity contribution < 1.29 is 4.79 Å². The van der Waals surface area contributed by atoms with Gasteiger partial charge in [0.15, 0.2) is 0 Å². The highest BCUT2D eigenvalue weighted by molar-refractivity contribution is 5.79. The number of unbranched alkanes of at least 4 members (excludes halogenated alkanes) is 17. The normalized spacial score (nSPS) is 12.3. The number of Topliss-reactive ketones (excluding diaryl/α,β-unsaturated/α-hetero) is 1. The minimum Gasteiger partial charge on any atom is -0.300 e. The van der Waals surface area contributed by atoms with Crippen LogP contribution in [0.2, 0.25) is 0 Å². The number of hydrogen-bond acceptors (Lipinski definition) is 1. The first-order chi connectivity index (χ1) is 18.3. The fourth-order valence-electron chi connectivity index (χ4n) is 4.42. The fourth-order valence-corrected chi connectivity index (χ4v) is 4.42. The van der Waals surface area contributed by atoms with Crippen molar-refractivity contribution in [2.45, 2.75) is 168 Å². The van der Waals surface area contributed by atoms with Crippen molar-refractivity contribution in [1.29, 1.82) is 0 Å². The summed E-state index contributed by atoms with van der Waals surface area (Å²) in [5.74, 6) is 0.440. The van der Waals surface area contributed by atoms with Crippen LogP contribution in [0.15, 0.2) is 48.6 Å². The first-order valence-corrected chi connectivity index (χ1v) is 16.2. The monoisotopic (exact) mass is 511 g/mol. The maximum absolute atomic E-state index is 12.1. The molecule has 1 nitrogen and oxygen atoms in total. The Labute approximate surface area is 233 Å². The zero-order valence-corrected chi connectivity index (χ0v) is 25.1. The predicted molar refractivity (Wildman–Crippen MR) is 168 cm³/mol. The summed E-state index contributed by atoms with van der Waals surface area (Å²) in [6, 6.07) is 0. The van der Waals surface area contributed by atoms with Crippen LogP contribution in [0.25, 0.3) is 0 Å². The second-order valence-corrected chi connectivity index (χ2v) is 10.7. The molecule has 0 aliphatic rings. The Hall–Kier alpha value is -1.37. The van der Waals surface area contributed by atoms with Gasteiger partial charge in [-0.05, 0) is 83.5 Å². The van der Waals surface area contributed by atoms with Gasteiger partial charge in [-0.25, -0.2) is 0 Å². The number of carbonyl (C=O) groups is 1. The van der Waals surface area contributed by atoms with Crippen LogP contribution in [0, 0.1) is 6.42 Å². The summed E-state index contributed by atoms with van der Waals surface area (Å²) >= 11 is 0. The Morgan fingerprint density at radius 2 is 0.811 bits per heavy atom. The molecule has 0 saturated heterocycles. The summed E-state index contributed by atoms with van der Waals surface area (Å²) in [6.45, 7) is 4.51. The fraction of sp³-hybridized carbons (Fsp3) is 0.722. The van der Waals surface area contributed by atoms with Crippen molar-refractivity contribution in [3.8, 4) is 0 Å². The number of hydrogen-bond donors (Lipinski definition) is 0. The van der Waals surface area contributed by atoms with E-state index in [1.54, 1.807) is 0 Å². The quantitative estimate of drug-likeness (QED) is 0.0720. The van der Waals surface area contributed by atoms with E-state index in [0.29, 0.717) is 12.2 Å². The van der Waals surface area contributed by atoms with Crippen molar-refractivity contribution in [2.75, 3.05) is 0 Å². The topological polar surface area (TPSA) is 17.1 Å². The van der Waals surface area contributed by atoms with Crippen LogP contribution >= 0.6 is 0 Å². The average molecular weight is 512 g/mol. The highest BCUT2D eigenvalue weighted by atomic mass is 16.1. The van der Waals surface area contributed by atoms with Crippen LogP contribution in [0.3, 0.4) is 0 Å². The third-order valence-electron chi connectivity index (χ3n) is 6.89. The zero-order chi connectivity index (χ0) is 26.9. The molecule has 0 aromatic heterocycles. The Bertz CT molecular complexity index is 565. The average Bonchev–Trinajstić information content (AvgIpc) is 2.90. The molecular weight excluding hydrogens is 448 g/mol. The molecule has 1 heteroatoms. The molecule has 0 spiro atoms. The summed E-state index contributed by atoms with van der Waals surface area (Å²) in [4.78, 5) is 12.1. The molecule has 0 aliphatic heterocycles. The van der Waals surface area contributed by atoms with Crippen molar-refractivity contribution in [3.63, 3.8) is 0 Å². The Morgan fingerprint density at radius 1 is 0.432 bits per heavy atom. The van der Waals surface area contributed by atoms with Crippen LogP contribution in [0.4, 0.5) is 0 Å². The lowest BCUT2D eigenvalue weighted by molar-refractivity contribution is -0.118. The van der Waals surface area contributed by atoms with Gasteiger partial charge in [-0.15, -0.1) is 0 Å². The van der Waals surface area contributed by atoms with E-state index < -0.39 is 0 Å². The van der Waals surface area contributed by atoms with Gasteiger partial charge in [0.25, 0.3) is 0 Å². The highest BCUT2D eigenvalue weighted by Gasteiger charge is 2.02. The summed E-state index contributed by atoms with van der Waals surface area (Å²) in [5, 5.41) is 0. The Kier molecular flexibility index (Phi) is 31.4. The van der Waals surface area contributed by atoms with E-state index in [-0.39, 0.29) is 0 Å². The van der Waals surface area contributed by atoms with Gasteiger partial charge >= 0.3 is 0 Å². The Morgan fingerprint density at radius 3 is 1.27 bits per heavy atom. The molecule has 37 heavy (non-hydrogen) atoms. The predicted octanol–water partition coefficient (Wildman–Crippen LogP) is 12.4. The van der Waals surface area contributed by atoms with Crippen LogP contribution in [-0.4, -0.2) is 5.78 Å². The third kappa shape index (κ3) is 32.6. The van der Waals surface area contributed by atoms with Gasteiger partial charge in [0, 0.05) is 12.8 Å². The number of rotatable bonds is 29. The van der Waals surface area contributed by atoms with Gasteiger partial charge in [-0.1, -0.05) is 127 Å². The molecule has 0 unspecified atom stereocenters. The van der Waals surface area contributed by atoms with Gasteiger partial charge in [0.2, 0.25) is 0 Å². The zero-order valence-electron chi connectivity index (χ0n) is 25.1. The van der Waals surface area contributed by atoms with Crippen LogP contribution < -0.4 is 0 Å². The number of ketones is 1. The van der Waals surface area contributed by atoms with E-state index in [0.717, 1.165) is 32.1 Å². The molecule has 213 valence electrons. The smallest absolute Gasteiger partial charge is 0.133 e. The summed E-state index contributed by atoms with van der Waals surface area (Å²) < 4.78 is 0. The van der Waals surface area contributed by atoms with Gasteiger partial charge in [0.1, 0.15) is 5.78 Å². The van der Waals surface area contributed by atoms with Crippen LogP contribution in [-0.2, 0) is 4.79 Å². The van der Waals surface area contributed by atoms with Crippen LogP contribution in [0.5, 0.6) is 0 Å². The molecule has 0 aliphatic carbocycles. The molecule has 0 rings (SSSR count). The van der Waals surface area contributed by atoms with Crippen molar-refractivity contribution in [3.05, 3.63) is 55.0 Å². The molecule has 0 bridgehead atoms. The molecule has 0 heterocycles. The lowest BCUT2D eigenvalue weighted by Crippen LogP contribution is -1.98. The van der Waals surface area contributed by atoms with E-state index in [4.69, 9.17) is 0 Å². The summed E-state index contributed by atoms with van der Waals surface area (Å²) in [7, 11) is 0. The standard InChI is InChI=1S/C36H63O/c1-3-5-7-9-11-13-15-17-19-21-23-25-27-29-31-33-35-36(37)34-32-30-28-26-24-22-20-18-16-14-12-10-8-6-4-2/h11-14,17-20,33H,3-10,15-16,21-32,34-35H2,1-2H3/b13-11-,14-12-,19-17-,20-18-. The van der Waals surface area contributed by atoms with Gasteiger partial charge < -0.3 is 0 Å². The van der Waals surface area contributed by atoms with Crippen molar-refractivity contribution >= 4 is 5.78 Å². The molecule has 0 fully saturated rings. The van der Waals surface area contributed by atoms with Crippen molar-refractivity contribution in [2.24, 2.45) is 0 Å². The minimum absolute atomic E-state index is 0.440. The molecule has 0 amide bonds. The molecule has 0 atom stereocenters. The van der Waals surface area contributed by atoms with E-state index in [1.807, 2.05) is 0 Å². The largest absolute Gasteiger partial charge is 0.300 e. The number of carbonyl (C=O) groups excluding carboxylic acids is 1. The molecule has 0 aromatic rings. The lowest BCUT2D eigenvalue weighted by Gasteiger charge is -2.02. The van der Waals surface area contributed by atoms with E-state index in [1.165, 1.54) is 116 Å². The summed E-state index contributed by atoms with van der Waals surface area (Å²) in [6.07, 6.45) is 49.6. The second kappa shape index (κ2) is 32.7. The van der Waals surface area contributed by atoms with Gasteiger partial charge in [-0.2, -0.15) is 0 Å². The van der Waals surface area contributed by atoms with Gasteiger partial charge in [-0.3, -0.25) is 4.79 Å². The Balaban J connectivity index is 3.30. The molecule has 0 N–H and O–H groups in total. The minimum atomic E-state index is 0.440. The van der Waals surface area contributed by atoms with E-state index in [2.05, 4.69) is 68.9 Å². The van der Waals surface area contributed by atoms with Crippen molar-refractivity contribution in [1.82, 2.24) is 0 Å². The van der Waals surface area contributed by atoms with E-state index in [9.17, 15) is 4.79 Å². The number of allylic oxidation sites excluding steroid dienone is 8. The highest BCUT2D eigenvalue weighted by Crippen LogP contribution is 2.12. The second-order valence-electron chi connectivity index (χ2n) is 10.7. The molecule has 0 saturated carbocycles. The van der Waals surface area contributed by atoms with Crippen LogP contribution in [0.1, 0.15) is 168 Å². The molecule has 0 aromatic carbocycles. The summed E-state index contributed by atoms with van der Waals surface area (Å²) in [5.41, 5.74) is 0. The molecular formula is C36H63O. The molecule has 1 radical (unpaired) electrons. The third-order valence-corrected chi connectivity index (χ3v) is 6.89. The van der Waals surface area contributed by atoms with Gasteiger partial charge in [0.05, 0.1) is 0 Å². The first-order valence-electron chi connectivity index (χ1n) is 16.2. The SMILES string of the molecule is CCCCC/C=C\C/C=C\CCCCCC[CH]CC(=O)CCCCCCC/C=C\C/C=C\CCCCC. The lowest BCUT2D eigenvalue weighted by atomic mass is 10.0. The van der Waals surface area contributed by atoms with E-state index >= 15 is 0 Å². The first kappa shape index (κ1) is 35.6. The maximum Gasteiger partial charge on any atom is 0.133 e.